The number of halogens is 5. The van der Waals surface area contributed by atoms with Crippen LogP contribution >= 0.6 is 58.0 Å². The fourth-order valence-electron chi connectivity index (χ4n) is 2.29. The van der Waals surface area contributed by atoms with Gasteiger partial charge in [-0.2, -0.15) is 20.2 Å². The van der Waals surface area contributed by atoms with Gasteiger partial charge in [-0.05, 0) is 18.2 Å². The highest BCUT2D eigenvalue weighted by Gasteiger charge is 2.41. The first kappa shape index (κ1) is 27.1. The molecule has 1 atom stereocenters. The normalized spacial score (nSPS) is 11.9. The number of rotatable bonds is 8. The number of nitrogens with zero attached hydrogens (tertiary/aromatic N) is 7. The third kappa shape index (κ3) is 7.42. The number of hydrogen-bond donors (Lipinski definition) is 1. The first-order valence-electron chi connectivity index (χ1n) is 9.07. The minimum absolute atomic E-state index is 0.141. The summed E-state index contributed by atoms with van der Waals surface area (Å²) < 4.78 is 3.25. The number of nitrogens with one attached hydrogen (secondary N) is 1. The third-order valence-corrected chi connectivity index (χ3v) is 4.99. The van der Waals surface area contributed by atoms with E-state index in [0.29, 0.717) is 5.02 Å². The zero-order valence-corrected chi connectivity index (χ0v) is 21.6. The van der Waals surface area contributed by atoms with E-state index in [1.54, 1.807) is 44.1 Å². The number of alkyl halides is 3. The monoisotopic (exact) mass is 554 g/mol. The molecule has 33 heavy (non-hydrogen) atoms. The molecule has 0 fully saturated rings. The second kappa shape index (κ2) is 11.3. The van der Waals surface area contributed by atoms with Crippen LogP contribution in [0.1, 0.15) is 0 Å². The standard InChI is InChI=1S/C18H19Cl5N8O2/c1-29(2)15-26-16(30(3)4)28-17(27-15)31(9-24)14(18(21,22)23)25-13(32)8-33-12-6-5-10(19)7-11(12)20/h5-7,14H,8H2,1-4H3,(H,25,32). The number of ether oxygens (including phenoxy) is 1. The molecule has 0 saturated heterocycles. The number of amides is 1. The van der Waals surface area contributed by atoms with Gasteiger partial charge in [0.15, 0.2) is 19.0 Å². The highest BCUT2D eigenvalue weighted by atomic mass is 35.6. The Bertz CT molecular complexity index is 1020. The van der Waals surface area contributed by atoms with Crippen LogP contribution in [0, 0.1) is 11.5 Å². The van der Waals surface area contributed by atoms with E-state index in [1.807, 2.05) is 6.19 Å². The first-order chi connectivity index (χ1) is 15.3. The Labute approximate surface area is 215 Å². The molecule has 1 aromatic heterocycles. The van der Waals surface area contributed by atoms with Crippen LogP contribution in [0.25, 0.3) is 0 Å². The van der Waals surface area contributed by atoms with E-state index in [-0.39, 0.29) is 28.6 Å². The third-order valence-electron chi connectivity index (χ3n) is 3.84. The van der Waals surface area contributed by atoms with E-state index in [0.717, 1.165) is 4.90 Å². The number of hydrogen-bond acceptors (Lipinski definition) is 9. The zero-order valence-electron chi connectivity index (χ0n) is 17.9. The lowest BCUT2D eigenvalue weighted by atomic mass is 10.3. The smallest absolute Gasteiger partial charge is 0.259 e. The Morgan fingerprint density at radius 2 is 1.64 bits per heavy atom. The molecule has 2 aromatic rings. The molecule has 0 aliphatic carbocycles. The van der Waals surface area contributed by atoms with E-state index >= 15 is 0 Å². The molecule has 1 unspecified atom stereocenters. The number of anilines is 3. The van der Waals surface area contributed by atoms with Crippen LogP contribution in [0.5, 0.6) is 5.75 Å². The summed E-state index contributed by atoms with van der Waals surface area (Å²) in [5, 5.41) is 12.9. The molecule has 0 aliphatic rings. The Morgan fingerprint density at radius 3 is 2.09 bits per heavy atom. The lowest BCUT2D eigenvalue weighted by molar-refractivity contribution is -0.123. The molecular formula is C18H19Cl5N8O2. The quantitative estimate of drug-likeness (QED) is 0.226. The van der Waals surface area contributed by atoms with Crippen LogP contribution in [0.4, 0.5) is 17.8 Å². The molecule has 1 amide bonds. The summed E-state index contributed by atoms with van der Waals surface area (Å²) in [5.41, 5.74) is 0. The van der Waals surface area contributed by atoms with Crippen LogP contribution in [-0.2, 0) is 4.79 Å². The van der Waals surface area contributed by atoms with E-state index in [4.69, 9.17) is 62.7 Å². The van der Waals surface area contributed by atoms with Crippen molar-refractivity contribution in [2.75, 3.05) is 49.5 Å². The van der Waals surface area contributed by atoms with Crippen molar-refractivity contribution in [2.45, 2.75) is 9.96 Å². The number of aromatic nitrogens is 3. The Morgan fingerprint density at radius 1 is 1.09 bits per heavy atom. The molecule has 0 aliphatic heterocycles. The van der Waals surface area contributed by atoms with Gasteiger partial charge in [0.1, 0.15) is 5.75 Å². The summed E-state index contributed by atoms with van der Waals surface area (Å²) >= 11 is 30.1. The van der Waals surface area contributed by atoms with Gasteiger partial charge in [-0.25, -0.2) is 4.90 Å². The lowest BCUT2D eigenvalue weighted by Gasteiger charge is -2.31. The fourth-order valence-corrected chi connectivity index (χ4v) is 3.21. The van der Waals surface area contributed by atoms with Crippen LogP contribution < -0.4 is 24.8 Å². The van der Waals surface area contributed by atoms with E-state index in [2.05, 4.69) is 20.3 Å². The minimum atomic E-state index is -2.15. The summed E-state index contributed by atoms with van der Waals surface area (Å²) in [7, 11) is 6.84. The maximum atomic E-state index is 12.6. The minimum Gasteiger partial charge on any atom is -0.482 e. The second-order valence-corrected chi connectivity index (χ2v) is 10.1. The van der Waals surface area contributed by atoms with Crippen molar-refractivity contribution >= 4 is 81.8 Å². The molecule has 2 rings (SSSR count). The van der Waals surface area contributed by atoms with Gasteiger partial charge in [-0.3, -0.25) is 4.79 Å². The number of nitriles is 1. The Balaban J connectivity index is 2.31. The number of carbonyl (C=O) groups is 1. The predicted octanol–water partition coefficient (Wildman–Crippen LogP) is 3.49. The van der Waals surface area contributed by atoms with Gasteiger partial charge in [0.25, 0.3) is 5.91 Å². The second-order valence-electron chi connectivity index (χ2n) is 6.87. The first-order valence-corrected chi connectivity index (χ1v) is 11.0. The Hall–Kier alpha value is -2.16. The summed E-state index contributed by atoms with van der Waals surface area (Å²) in [4.78, 5) is 29.4. The van der Waals surface area contributed by atoms with Crippen LogP contribution in [0.15, 0.2) is 18.2 Å². The predicted molar refractivity (Wildman–Crippen MR) is 131 cm³/mol. The van der Waals surface area contributed by atoms with Crippen molar-refractivity contribution in [1.29, 1.82) is 5.26 Å². The summed E-state index contributed by atoms with van der Waals surface area (Å²) in [5.74, 6) is -0.119. The van der Waals surface area contributed by atoms with Crippen molar-refractivity contribution in [2.24, 2.45) is 0 Å². The van der Waals surface area contributed by atoms with Gasteiger partial charge in [0, 0.05) is 33.2 Å². The van der Waals surface area contributed by atoms with Crippen LogP contribution in [0.2, 0.25) is 10.0 Å². The zero-order chi connectivity index (χ0) is 24.9. The van der Waals surface area contributed by atoms with Gasteiger partial charge < -0.3 is 19.9 Å². The molecule has 1 N–H and O–H groups in total. The number of benzene rings is 1. The summed E-state index contributed by atoms with van der Waals surface area (Å²) in [6.07, 6.45) is 0.375. The molecule has 1 heterocycles. The topological polar surface area (TPSA) is 111 Å². The Kier molecular flexibility index (Phi) is 9.29. The van der Waals surface area contributed by atoms with Crippen molar-refractivity contribution in [1.82, 2.24) is 20.3 Å². The van der Waals surface area contributed by atoms with Gasteiger partial charge >= 0.3 is 0 Å². The lowest BCUT2D eigenvalue weighted by Crippen LogP contribution is -2.55. The van der Waals surface area contributed by atoms with Crippen molar-refractivity contribution in [3.8, 4) is 11.9 Å². The van der Waals surface area contributed by atoms with Crippen molar-refractivity contribution < 1.29 is 9.53 Å². The highest BCUT2D eigenvalue weighted by molar-refractivity contribution is 6.68. The molecule has 0 radical (unpaired) electrons. The number of carbonyl (C=O) groups excluding carboxylic acids is 1. The summed E-state index contributed by atoms with van der Waals surface area (Å²) in [6, 6.07) is 4.51. The van der Waals surface area contributed by atoms with E-state index in [1.165, 1.54) is 12.1 Å². The highest BCUT2D eigenvalue weighted by Crippen LogP contribution is 2.34. The molecule has 0 spiro atoms. The SMILES string of the molecule is CN(C)c1nc(N(C)C)nc(N(C#N)C(NC(=O)COc2ccc(Cl)cc2Cl)C(Cl)(Cl)Cl)n1. The van der Waals surface area contributed by atoms with E-state index < -0.39 is 22.5 Å². The van der Waals surface area contributed by atoms with Crippen LogP contribution in [0.3, 0.4) is 0 Å². The van der Waals surface area contributed by atoms with Gasteiger partial charge in [0.05, 0.1) is 5.02 Å². The molecule has 0 saturated carbocycles. The molecular weight excluding hydrogens is 538 g/mol. The fraction of sp³-hybridized carbons (Fsp3) is 0.389. The average molecular weight is 557 g/mol. The largest absolute Gasteiger partial charge is 0.482 e. The van der Waals surface area contributed by atoms with Gasteiger partial charge in [0.2, 0.25) is 21.6 Å². The van der Waals surface area contributed by atoms with Crippen molar-refractivity contribution in [3.05, 3.63) is 28.2 Å². The van der Waals surface area contributed by atoms with E-state index in [9.17, 15) is 10.1 Å². The van der Waals surface area contributed by atoms with Crippen LogP contribution in [-0.4, -0.2) is 65.6 Å². The molecule has 1 aromatic carbocycles. The maximum absolute atomic E-state index is 12.6. The van der Waals surface area contributed by atoms with Gasteiger partial charge in [-0.1, -0.05) is 58.0 Å². The molecule has 0 bridgehead atoms. The van der Waals surface area contributed by atoms with Crippen molar-refractivity contribution in [3.63, 3.8) is 0 Å². The molecule has 178 valence electrons. The molecule has 10 nitrogen and oxygen atoms in total. The molecule has 15 heteroatoms. The summed E-state index contributed by atoms with van der Waals surface area (Å²) in [6.45, 7) is -0.485. The average Bonchev–Trinajstić information content (AvgIpc) is 2.72. The van der Waals surface area contributed by atoms with Gasteiger partial charge in [-0.15, -0.1) is 0 Å². The maximum Gasteiger partial charge on any atom is 0.259 e.